The molecule has 1 saturated heterocycles. The molecule has 8 heteroatoms. The molecule has 27 heavy (non-hydrogen) atoms. The van der Waals surface area contributed by atoms with Crippen LogP contribution in [-0.4, -0.2) is 41.3 Å². The highest BCUT2D eigenvalue weighted by atomic mass is 35.5. The molecule has 3 rings (SSSR count). The van der Waals surface area contributed by atoms with Gasteiger partial charge in [-0.15, -0.1) is 0 Å². The van der Waals surface area contributed by atoms with Crippen molar-refractivity contribution < 1.29 is 14.0 Å². The fourth-order valence-corrected chi connectivity index (χ4v) is 3.14. The fourth-order valence-electron chi connectivity index (χ4n) is 3.03. The Kier molecular flexibility index (Phi) is 6.36. The van der Waals surface area contributed by atoms with Crippen molar-refractivity contribution in [3.05, 3.63) is 53.4 Å². The number of piperidine rings is 1. The molecule has 142 valence electrons. The number of likely N-dealkylation sites (tertiary alicyclic amines) is 1. The van der Waals surface area contributed by atoms with Gasteiger partial charge in [-0.05, 0) is 55.8 Å². The van der Waals surface area contributed by atoms with Crippen LogP contribution in [0.2, 0.25) is 5.02 Å². The molecule has 1 aliphatic rings. The number of nitrogens with one attached hydrogen (secondary N) is 2. The zero-order chi connectivity index (χ0) is 19.2. The van der Waals surface area contributed by atoms with Crippen molar-refractivity contribution in [1.29, 1.82) is 0 Å². The zero-order valence-corrected chi connectivity index (χ0v) is 15.4. The van der Waals surface area contributed by atoms with Gasteiger partial charge >= 0.3 is 0 Å². The maximum absolute atomic E-state index is 12.9. The second-order valence-corrected chi connectivity index (χ2v) is 6.92. The van der Waals surface area contributed by atoms with Gasteiger partial charge in [-0.3, -0.25) is 14.5 Å². The third kappa shape index (κ3) is 5.74. The number of halogens is 2. The Morgan fingerprint density at radius 2 is 1.96 bits per heavy atom. The maximum Gasteiger partial charge on any atom is 0.238 e. The van der Waals surface area contributed by atoms with Crippen LogP contribution in [-0.2, 0) is 9.59 Å². The van der Waals surface area contributed by atoms with E-state index in [1.165, 1.54) is 30.5 Å². The molecule has 0 saturated carbocycles. The van der Waals surface area contributed by atoms with Crippen LogP contribution < -0.4 is 10.6 Å². The number of nitrogens with zero attached hydrogens (tertiary/aromatic N) is 2. The van der Waals surface area contributed by atoms with Gasteiger partial charge in [0.05, 0.1) is 17.5 Å². The highest BCUT2D eigenvalue weighted by Crippen LogP contribution is 2.19. The smallest absolute Gasteiger partial charge is 0.238 e. The van der Waals surface area contributed by atoms with E-state index < -0.39 is 0 Å². The second-order valence-electron chi connectivity index (χ2n) is 6.48. The molecule has 2 N–H and O–H groups in total. The summed E-state index contributed by atoms with van der Waals surface area (Å²) in [7, 11) is 0. The number of hydrogen-bond acceptors (Lipinski definition) is 4. The predicted molar refractivity (Wildman–Crippen MR) is 102 cm³/mol. The van der Waals surface area contributed by atoms with E-state index in [1.807, 2.05) is 4.90 Å². The first kappa shape index (κ1) is 19.3. The van der Waals surface area contributed by atoms with E-state index in [2.05, 4.69) is 15.6 Å². The van der Waals surface area contributed by atoms with Gasteiger partial charge < -0.3 is 10.6 Å². The number of rotatable bonds is 5. The highest BCUT2D eigenvalue weighted by Gasteiger charge is 2.27. The van der Waals surface area contributed by atoms with Crippen LogP contribution in [0.4, 0.5) is 15.9 Å². The molecule has 0 bridgehead atoms. The predicted octanol–water partition coefficient (Wildman–Crippen LogP) is 3.16. The number of aromatic nitrogens is 1. The Balaban J connectivity index is 1.50. The van der Waals surface area contributed by atoms with Gasteiger partial charge in [0.2, 0.25) is 11.8 Å². The molecule has 1 atom stereocenters. The Bertz CT molecular complexity index is 798. The monoisotopic (exact) mass is 390 g/mol. The van der Waals surface area contributed by atoms with Crippen molar-refractivity contribution in [3.8, 4) is 0 Å². The Labute approximate surface area is 161 Å². The van der Waals surface area contributed by atoms with Crippen LogP contribution >= 0.6 is 11.6 Å². The second kappa shape index (κ2) is 8.92. The number of benzene rings is 1. The third-order valence-corrected chi connectivity index (χ3v) is 4.57. The average Bonchev–Trinajstić information content (AvgIpc) is 2.65. The fraction of sp³-hybridized carbons (Fsp3) is 0.316. The molecule has 2 heterocycles. The van der Waals surface area contributed by atoms with Gasteiger partial charge in [-0.1, -0.05) is 11.6 Å². The van der Waals surface area contributed by atoms with Crippen LogP contribution in [0.5, 0.6) is 0 Å². The van der Waals surface area contributed by atoms with E-state index >= 15 is 0 Å². The number of amides is 2. The van der Waals surface area contributed by atoms with Crippen molar-refractivity contribution in [2.24, 2.45) is 5.92 Å². The summed E-state index contributed by atoms with van der Waals surface area (Å²) in [6, 6.07) is 8.93. The summed E-state index contributed by atoms with van der Waals surface area (Å²) in [6.07, 6.45) is 3.07. The molecule has 0 radical (unpaired) electrons. The quantitative estimate of drug-likeness (QED) is 0.822. The Hall–Kier alpha value is -2.51. The molecule has 6 nitrogen and oxygen atoms in total. The summed E-state index contributed by atoms with van der Waals surface area (Å²) in [4.78, 5) is 30.7. The van der Waals surface area contributed by atoms with Crippen molar-refractivity contribution >= 4 is 34.9 Å². The van der Waals surface area contributed by atoms with Gasteiger partial charge in [0.25, 0.3) is 0 Å². The topological polar surface area (TPSA) is 74.3 Å². The lowest BCUT2D eigenvalue weighted by Crippen LogP contribution is -2.44. The molecule has 1 unspecified atom stereocenters. The minimum absolute atomic E-state index is 0.117. The molecular formula is C19H20ClFN4O2. The first-order chi connectivity index (χ1) is 13.0. The minimum Gasteiger partial charge on any atom is -0.325 e. The molecule has 1 fully saturated rings. The summed E-state index contributed by atoms with van der Waals surface area (Å²) in [6.45, 7) is 1.43. The van der Waals surface area contributed by atoms with Gasteiger partial charge in [0, 0.05) is 18.4 Å². The summed E-state index contributed by atoms with van der Waals surface area (Å²) < 4.78 is 12.9. The van der Waals surface area contributed by atoms with Crippen LogP contribution in [0, 0.1) is 11.7 Å². The molecule has 1 aliphatic heterocycles. The van der Waals surface area contributed by atoms with E-state index in [9.17, 15) is 14.0 Å². The standard InChI is InChI=1S/C19H20ClFN4O2/c20-14-3-8-17(22-10-14)24-19(27)13-2-1-9-25(11-13)12-18(26)23-16-6-4-15(21)5-7-16/h3-8,10,13H,1-2,9,11-12H2,(H,23,26)(H,22,24,27). The highest BCUT2D eigenvalue weighted by molar-refractivity contribution is 6.30. The number of hydrogen-bond donors (Lipinski definition) is 2. The van der Waals surface area contributed by atoms with Gasteiger partial charge in [0.1, 0.15) is 11.6 Å². The molecule has 0 spiro atoms. The van der Waals surface area contributed by atoms with E-state index in [-0.39, 0.29) is 30.1 Å². The molecule has 1 aromatic carbocycles. The first-order valence-corrected chi connectivity index (χ1v) is 9.07. The lowest BCUT2D eigenvalue weighted by atomic mass is 9.97. The third-order valence-electron chi connectivity index (χ3n) is 4.35. The van der Waals surface area contributed by atoms with Crippen LogP contribution in [0.3, 0.4) is 0 Å². The van der Waals surface area contributed by atoms with Crippen molar-refractivity contribution in [2.75, 3.05) is 30.3 Å². The summed E-state index contributed by atoms with van der Waals surface area (Å²) in [5.74, 6) is -0.422. The van der Waals surface area contributed by atoms with E-state index in [4.69, 9.17) is 11.6 Å². The average molecular weight is 391 g/mol. The number of pyridine rings is 1. The summed E-state index contributed by atoms with van der Waals surface area (Å²) in [5.41, 5.74) is 0.543. The van der Waals surface area contributed by atoms with Gasteiger partial charge in [-0.25, -0.2) is 9.37 Å². The Morgan fingerprint density at radius 1 is 1.19 bits per heavy atom. The molecule has 2 amide bonds. The maximum atomic E-state index is 12.9. The molecule has 0 aliphatic carbocycles. The zero-order valence-electron chi connectivity index (χ0n) is 14.6. The van der Waals surface area contributed by atoms with Crippen LogP contribution in [0.1, 0.15) is 12.8 Å². The largest absolute Gasteiger partial charge is 0.325 e. The van der Waals surface area contributed by atoms with Crippen molar-refractivity contribution in [3.63, 3.8) is 0 Å². The van der Waals surface area contributed by atoms with Crippen molar-refractivity contribution in [2.45, 2.75) is 12.8 Å². The SMILES string of the molecule is O=C(CN1CCCC(C(=O)Nc2ccc(Cl)cn2)C1)Nc1ccc(F)cc1. The van der Waals surface area contributed by atoms with Gasteiger partial charge in [0.15, 0.2) is 0 Å². The molecule has 1 aromatic heterocycles. The summed E-state index contributed by atoms with van der Waals surface area (Å²) in [5, 5.41) is 6.03. The van der Waals surface area contributed by atoms with Crippen LogP contribution in [0.15, 0.2) is 42.6 Å². The number of carbonyl (C=O) groups excluding carboxylic acids is 2. The minimum atomic E-state index is -0.354. The summed E-state index contributed by atoms with van der Waals surface area (Å²) >= 11 is 5.79. The van der Waals surface area contributed by atoms with Gasteiger partial charge in [-0.2, -0.15) is 0 Å². The van der Waals surface area contributed by atoms with E-state index in [1.54, 1.807) is 12.1 Å². The lowest BCUT2D eigenvalue weighted by molar-refractivity contribution is -0.123. The Morgan fingerprint density at radius 3 is 2.67 bits per heavy atom. The first-order valence-electron chi connectivity index (χ1n) is 8.70. The lowest BCUT2D eigenvalue weighted by Gasteiger charge is -2.31. The molecular weight excluding hydrogens is 371 g/mol. The van der Waals surface area contributed by atoms with E-state index in [0.29, 0.717) is 23.1 Å². The van der Waals surface area contributed by atoms with Crippen LogP contribution in [0.25, 0.3) is 0 Å². The molecule has 2 aromatic rings. The van der Waals surface area contributed by atoms with Crippen molar-refractivity contribution in [1.82, 2.24) is 9.88 Å². The number of carbonyl (C=O) groups is 2. The number of anilines is 2. The normalized spacial score (nSPS) is 17.3. The van der Waals surface area contributed by atoms with E-state index in [0.717, 1.165) is 19.4 Å².